The van der Waals surface area contributed by atoms with Crippen molar-refractivity contribution in [3.8, 4) is 17.7 Å². The molecule has 0 aliphatic carbocycles. The van der Waals surface area contributed by atoms with Crippen LogP contribution in [0.4, 0.5) is 5.69 Å². The number of H-pyrrole nitrogens is 1. The first-order valence-corrected chi connectivity index (χ1v) is 16.0. The van der Waals surface area contributed by atoms with Gasteiger partial charge in [-0.1, -0.05) is 24.3 Å². The fraction of sp³-hybridized carbons (Fsp3) is 0.103. The number of ether oxygens (including phenoxy) is 1. The third-order valence-corrected chi connectivity index (χ3v) is 8.07. The molecule has 2 heterocycles. The molecule has 16 nitrogen and oxygen atoms in total. The first-order chi connectivity index (χ1) is 22.2. The molecule has 47 heavy (non-hydrogen) atoms. The van der Waals surface area contributed by atoms with Gasteiger partial charge in [-0.25, -0.2) is 14.5 Å². The van der Waals surface area contributed by atoms with Crippen molar-refractivity contribution in [2.24, 2.45) is 5.10 Å². The van der Waals surface area contributed by atoms with Crippen LogP contribution in [0.2, 0.25) is 0 Å². The summed E-state index contributed by atoms with van der Waals surface area (Å²) in [5.74, 6) is 0.0984. The minimum atomic E-state index is -4.49. The van der Waals surface area contributed by atoms with E-state index in [0.29, 0.717) is 0 Å². The summed E-state index contributed by atoms with van der Waals surface area (Å²) in [5, 5.41) is 27.5. The third kappa shape index (κ3) is 7.63. The number of hydrogen-bond donors (Lipinski definition) is 5. The van der Waals surface area contributed by atoms with E-state index < -0.39 is 53.6 Å². The van der Waals surface area contributed by atoms with Gasteiger partial charge in [-0.2, -0.15) is 21.9 Å². The maximum Gasteiger partial charge on any atom is 0.357 e. The van der Waals surface area contributed by atoms with Crippen molar-refractivity contribution in [1.82, 2.24) is 9.78 Å². The molecule has 1 aliphatic heterocycles. The first kappa shape index (κ1) is 34.3. The first-order valence-electron chi connectivity index (χ1n) is 13.2. The van der Waals surface area contributed by atoms with Crippen molar-refractivity contribution >= 4 is 49.5 Å². The summed E-state index contributed by atoms with van der Waals surface area (Å²) in [6.45, 7) is 1.56. The summed E-state index contributed by atoms with van der Waals surface area (Å²) < 4.78 is 69.8. The third-order valence-electron chi connectivity index (χ3n) is 6.33. The molecule has 0 saturated carbocycles. The van der Waals surface area contributed by atoms with Gasteiger partial charge in [0.1, 0.15) is 11.8 Å². The number of carbonyl (C=O) groups is 2. The minimum absolute atomic E-state index is 0.000975. The van der Waals surface area contributed by atoms with E-state index in [0.717, 1.165) is 34.0 Å². The Kier molecular flexibility index (Phi) is 10.1. The van der Waals surface area contributed by atoms with Gasteiger partial charge in [0.25, 0.3) is 31.6 Å². The number of nitrogens with one attached hydrogen (secondary N) is 1. The van der Waals surface area contributed by atoms with Crippen LogP contribution in [-0.2, 0) is 29.8 Å². The van der Waals surface area contributed by atoms with Crippen molar-refractivity contribution in [2.45, 2.75) is 22.9 Å². The van der Waals surface area contributed by atoms with Crippen LogP contribution in [0.5, 0.6) is 0 Å². The van der Waals surface area contributed by atoms with Gasteiger partial charge in [0.15, 0.2) is 11.9 Å². The van der Waals surface area contributed by atoms with E-state index in [2.05, 4.69) is 10.2 Å². The van der Waals surface area contributed by atoms with Crippen LogP contribution in [0.25, 0.3) is 11.8 Å². The van der Waals surface area contributed by atoms with Gasteiger partial charge in [0.05, 0.1) is 33.3 Å². The SMILES string of the molecule is CCOC(=O)c1[nH]n(-c2ccc(S(=O)(=O)O)cc2)c(=O)c1C=CC=CC=C1C(C(=O)C#CO)=NN(c2ccc(S(=O)(=O)O)cc2)C1O. The molecule has 1 unspecified atom stereocenters. The number of aliphatic hydroxyl groups excluding tert-OH is 2. The molecule has 0 saturated heterocycles. The maximum absolute atomic E-state index is 13.2. The lowest BCUT2D eigenvalue weighted by atomic mass is 10.1. The summed E-state index contributed by atoms with van der Waals surface area (Å²) >= 11 is 0. The molecular weight excluding hydrogens is 660 g/mol. The highest BCUT2D eigenvalue weighted by atomic mass is 32.2. The normalized spacial score (nSPS) is 16.0. The number of hydrogen-bond acceptors (Lipinski definition) is 12. The second-order valence-corrected chi connectivity index (χ2v) is 12.1. The molecule has 0 radical (unpaired) electrons. The van der Waals surface area contributed by atoms with Crippen LogP contribution < -0.4 is 10.6 Å². The maximum atomic E-state index is 13.2. The zero-order chi connectivity index (χ0) is 34.5. The van der Waals surface area contributed by atoms with Gasteiger partial charge in [-0.05, 0) is 61.5 Å². The number of anilines is 1. The molecule has 0 amide bonds. The number of aromatic nitrogens is 2. The van der Waals surface area contributed by atoms with E-state index in [4.69, 9.17) is 9.84 Å². The lowest BCUT2D eigenvalue weighted by molar-refractivity contribution is -0.108. The molecule has 1 aliphatic rings. The van der Waals surface area contributed by atoms with Crippen molar-refractivity contribution in [1.29, 1.82) is 0 Å². The van der Waals surface area contributed by atoms with Crippen LogP contribution in [0.1, 0.15) is 23.0 Å². The summed E-state index contributed by atoms with van der Waals surface area (Å²) in [7, 11) is -8.97. The highest BCUT2D eigenvalue weighted by Crippen LogP contribution is 2.28. The Balaban J connectivity index is 1.65. The lowest BCUT2D eigenvalue weighted by Gasteiger charge is -2.19. The molecule has 0 spiro atoms. The quantitative estimate of drug-likeness (QED) is 0.0879. The fourth-order valence-electron chi connectivity index (χ4n) is 4.18. The lowest BCUT2D eigenvalue weighted by Crippen LogP contribution is -2.28. The van der Waals surface area contributed by atoms with Crippen molar-refractivity contribution < 1.29 is 50.5 Å². The largest absolute Gasteiger partial charge is 0.462 e. The van der Waals surface area contributed by atoms with Gasteiger partial charge in [-0.15, -0.1) is 0 Å². The van der Waals surface area contributed by atoms with Gasteiger partial charge < -0.3 is 14.9 Å². The van der Waals surface area contributed by atoms with Crippen LogP contribution >= 0.6 is 0 Å². The average Bonchev–Trinajstić information content (AvgIpc) is 3.52. The number of allylic oxidation sites excluding steroid dienone is 4. The molecule has 1 atom stereocenters. The average molecular weight is 685 g/mol. The smallest absolute Gasteiger partial charge is 0.357 e. The second-order valence-electron chi connectivity index (χ2n) is 9.30. The number of nitrogens with zero attached hydrogens (tertiary/aromatic N) is 3. The Morgan fingerprint density at radius 3 is 2.06 bits per heavy atom. The topological polar surface area (TPSA) is 246 Å². The molecule has 0 fully saturated rings. The molecule has 244 valence electrons. The molecule has 18 heteroatoms. The van der Waals surface area contributed by atoms with Gasteiger partial charge in [0.2, 0.25) is 0 Å². The van der Waals surface area contributed by atoms with Crippen molar-refractivity contribution in [3.63, 3.8) is 0 Å². The van der Waals surface area contributed by atoms with Gasteiger partial charge in [0, 0.05) is 11.5 Å². The predicted molar refractivity (Wildman–Crippen MR) is 165 cm³/mol. The van der Waals surface area contributed by atoms with Crippen LogP contribution in [0.15, 0.2) is 98.1 Å². The van der Waals surface area contributed by atoms with Crippen LogP contribution in [0, 0.1) is 12.0 Å². The highest BCUT2D eigenvalue weighted by Gasteiger charge is 2.34. The Bertz CT molecular complexity index is 2180. The summed E-state index contributed by atoms with van der Waals surface area (Å²) in [6.07, 6.45) is 6.55. The Morgan fingerprint density at radius 2 is 1.53 bits per heavy atom. The van der Waals surface area contributed by atoms with E-state index in [1.54, 1.807) is 6.92 Å². The highest BCUT2D eigenvalue weighted by molar-refractivity contribution is 7.86. The zero-order valence-corrected chi connectivity index (χ0v) is 25.6. The Morgan fingerprint density at radius 1 is 0.957 bits per heavy atom. The molecular formula is C29H24N4O12S2. The molecule has 1 aromatic heterocycles. The van der Waals surface area contributed by atoms with Gasteiger partial charge in [-0.3, -0.25) is 23.8 Å². The summed E-state index contributed by atoms with van der Waals surface area (Å²) in [5.41, 5.74) is -1.18. The summed E-state index contributed by atoms with van der Waals surface area (Å²) in [6, 6.07) is 9.16. The monoisotopic (exact) mass is 684 g/mol. The number of hydrazone groups is 1. The van der Waals surface area contributed by atoms with Crippen molar-refractivity contribution in [2.75, 3.05) is 11.6 Å². The van der Waals surface area contributed by atoms with Gasteiger partial charge >= 0.3 is 5.97 Å². The molecule has 2 aromatic carbocycles. The van der Waals surface area contributed by atoms with E-state index >= 15 is 0 Å². The van der Waals surface area contributed by atoms with Crippen LogP contribution in [0.3, 0.4) is 0 Å². The number of carbonyl (C=O) groups excluding carboxylic acids is 2. The Labute approximate surface area is 266 Å². The number of Topliss-reactive ketones (excluding diaryl/α,β-unsaturated/α-hetero) is 1. The number of esters is 1. The Hall–Kier alpha value is -5.58. The molecule has 4 rings (SSSR count). The number of aliphatic hydroxyl groups is 2. The van der Waals surface area contributed by atoms with E-state index in [1.165, 1.54) is 60.8 Å². The van der Waals surface area contributed by atoms with Crippen molar-refractivity contribution in [3.05, 3.63) is 100 Å². The predicted octanol–water partition coefficient (Wildman–Crippen LogP) is 1.43. The standard InChI is InChI=1S/C29H24N4O12S2/c1-2-45-29(38)26-23(28(37)33(31-26)19-10-14-21(15-11-19)47(42,43)44)7-5-3-4-6-22-25(24(35)16-17-34)30-32(27(22)36)18-8-12-20(13-9-18)46(39,40)41/h3-15,27,31,34,36H,2H2,1H3,(H,39,40,41)(H,42,43,44). The van der Waals surface area contributed by atoms with E-state index in [1.807, 2.05) is 5.92 Å². The number of benzene rings is 2. The number of rotatable bonds is 10. The number of aromatic amines is 1. The molecule has 5 N–H and O–H groups in total. The van der Waals surface area contributed by atoms with E-state index in [9.17, 15) is 45.4 Å². The fourth-order valence-corrected chi connectivity index (χ4v) is 5.14. The van der Waals surface area contributed by atoms with Crippen LogP contribution in [-0.4, -0.2) is 76.2 Å². The number of ketones is 1. The summed E-state index contributed by atoms with van der Waals surface area (Å²) in [4.78, 5) is 37.5. The minimum Gasteiger partial charge on any atom is -0.462 e. The van der Waals surface area contributed by atoms with E-state index in [-0.39, 0.29) is 40.5 Å². The second kappa shape index (κ2) is 13.8. The molecule has 3 aromatic rings. The zero-order valence-electron chi connectivity index (χ0n) is 24.0. The molecule has 0 bridgehead atoms.